The quantitative estimate of drug-likeness (QED) is 0.470. The van der Waals surface area contributed by atoms with E-state index in [1.54, 1.807) is 12.1 Å². The average Bonchev–Trinajstić information content (AvgIpc) is 2.40. The van der Waals surface area contributed by atoms with E-state index in [-0.39, 0.29) is 16.3 Å². The summed E-state index contributed by atoms with van der Waals surface area (Å²) in [6.45, 7) is 0. The minimum atomic E-state index is -2.67. The van der Waals surface area contributed by atoms with Crippen LogP contribution in [-0.2, 0) is 5.41 Å². The van der Waals surface area contributed by atoms with Gasteiger partial charge in [0.05, 0.1) is 0 Å². The van der Waals surface area contributed by atoms with E-state index in [1.165, 1.54) is 6.07 Å². The number of benzene rings is 1. The second-order valence-corrected chi connectivity index (χ2v) is 15.0. The number of hydrogen-bond acceptors (Lipinski definition) is 0. The minimum absolute atomic E-state index is 0.0350. The number of hydrogen-bond donors (Lipinski definition) is 0. The van der Waals surface area contributed by atoms with E-state index in [9.17, 15) is 4.39 Å². The lowest BCUT2D eigenvalue weighted by Crippen LogP contribution is -2.47. The van der Waals surface area contributed by atoms with E-state index in [4.69, 9.17) is 33.2 Å². The third kappa shape index (κ3) is 2.25. The monoisotopic (exact) mass is 336 g/mol. The summed E-state index contributed by atoms with van der Waals surface area (Å²) in [6, 6.07) is 4.37. The Hall–Kier alpha value is 0.237. The van der Waals surface area contributed by atoms with Crippen LogP contribution in [0.3, 0.4) is 0 Å². The van der Waals surface area contributed by atoms with Gasteiger partial charge in [-0.25, -0.2) is 4.39 Å². The Morgan fingerprint density at radius 3 is 2.00 bits per heavy atom. The lowest BCUT2D eigenvalue weighted by molar-refractivity contribution is 0.145. The smallest absolute Gasteiger partial charge is 0.207 e. The van der Waals surface area contributed by atoms with Crippen LogP contribution in [0.25, 0.3) is 0 Å². The van der Waals surface area contributed by atoms with Crippen LogP contribution in [0.2, 0.25) is 5.04 Å². The van der Waals surface area contributed by atoms with Crippen LogP contribution in [0, 0.1) is 5.82 Å². The highest BCUT2D eigenvalue weighted by Gasteiger charge is 2.59. The molecule has 1 aromatic rings. The van der Waals surface area contributed by atoms with Crippen molar-refractivity contribution in [1.29, 1.82) is 0 Å². The molecule has 0 atom stereocenters. The van der Waals surface area contributed by atoms with Crippen LogP contribution < -0.4 is 0 Å². The Morgan fingerprint density at radius 1 is 0.947 bits per heavy atom. The highest BCUT2D eigenvalue weighted by molar-refractivity contribution is 7.65. The van der Waals surface area contributed by atoms with Crippen molar-refractivity contribution in [3.8, 4) is 0 Å². The van der Waals surface area contributed by atoms with Gasteiger partial charge in [-0.1, -0.05) is 12.1 Å². The zero-order valence-corrected chi connectivity index (χ0v) is 13.8. The van der Waals surface area contributed by atoms with Gasteiger partial charge in [0.25, 0.3) is 0 Å². The Bertz CT molecular complexity index is 473. The number of halogens is 4. The zero-order chi connectivity index (χ0) is 13.7. The molecule has 1 aromatic carbocycles. The minimum Gasteiger partial charge on any atom is -0.207 e. The molecule has 4 rings (SSSR count). The first-order valence-electron chi connectivity index (χ1n) is 6.70. The fraction of sp³-hybridized carbons (Fsp3) is 0.571. The fourth-order valence-electron chi connectivity index (χ4n) is 3.86. The topological polar surface area (TPSA) is 0 Å². The van der Waals surface area contributed by atoms with Gasteiger partial charge in [0, 0.05) is 5.04 Å². The van der Waals surface area contributed by atoms with Gasteiger partial charge in [0.2, 0.25) is 0 Å². The van der Waals surface area contributed by atoms with E-state index in [0.717, 1.165) is 44.1 Å². The predicted molar refractivity (Wildman–Crippen MR) is 81.8 cm³/mol. The van der Waals surface area contributed by atoms with E-state index in [0.29, 0.717) is 0 Å². The van der Waals surface area contributed by atoms with Crippen LogP contribution in [0.1, 0.15) is 44.1 Å². The highest BCUT2D eigenvalue weighted by atomic mass is 35.8. The molecule has 0 heterocycles. The van der Waals surface area contributed by atoms with E-state index >= 15 is 0 Å². The predicted octanol–water partition coefficient (Wildman–Crippen LogP) is 5.83. The maximum atomic E-state index is 13.4. The molecule has 0 nitrogen and oxygen atoms in total. The highest BCUT2D eigenvalue weighted by Crippen LogP contribution is 2.67. The molecule has 0 spiro atoms. The van der Waals surface area contributed by atoms with Crippen molar-refractivity contribution >= 4 is 39.2 Å². The molecule has 0 N–H and O–H groups in total. The summed E-state index contributed by atoms with van der Waals surface area (Å²) < 4.78 is 13.4. The molecule has 0 unspecified atom stereocenters. The van der Waals surface area contributed by atoms with Crippen molar-refractivity contribution in [3.63, 3.8) is 0 Å². The normalized spacial score (nSPS) is 34.5. The van der Waals surface area contributed by atoms with Crippen molar-refractivity contribution < 1.29 is 4.39 Å². The first-order valence-corrected chi connectivity index (χ1v) is 11.7. The molecule has 2 bridgehead atoms. The van der Waals surface area contributed by atoms with Crippen LogP contribution in [-0.4, -0.2) is 6.00 Å². The third-order valence-electron chi connectivity index (χ3n) is 5.28. The summed E-state index contributed by atoms with van der Waals surface area (Å²) in [7, 11) is 0. The summed E-state index contributed by atoms with van der Waals surface area (Å²) in [5.74, 6) is -0.148. The Labute approximate surface area is 128 Å². The molecule has 0 aliphatic heterocycles. The number of fused-ring (bicyclic) bond motifs is 3. The molecule has 3 aliphatic carbocycles. The Balaban J connectivity index is 1.89. The van der Waals surface area contributed by atoms with Crippen molar-refractivity contribution in [3.05, 3.63) is 35.6 Å². The van der Waals surface area contributed by atoms with Crippen molar-refractivity contribution in [2.75, 3.05) is 0 Å². The lowest BCUT2D eigenvalue weighted by atomic mass is 9.57. The maximum absolute atomic E-state index is 13.4. The first-order chi connectivity index (χ1) is 8.87. The summed E-state index contributed by atoms with van der Waals surface area (Å²) in [4.78, 5) is 0. The Morgan fingerprint density at radius 2 is 1.53 bits per heavy atom. The van der Waals surface area contributed by atoms with Crippen molar-refractivity contribution in [2.24, 2.45) is 0 Å². The van der Waals surface area contributed by atoms with Gasteiger partial charge >= 0.3 is 6.00 Å². The average molecular weight is 338 g/mol. The molecule has 5 heteroatoms. The van der Waals surface area contributed by atoms with E-state index < -0.39 is 6.00 Å². The molecule has 19 heavy (non-hydrogen) atoms. The molecular formula is C14H16Cl3FSi. The zero-order valence-electron chi connectivity index (χ0n) is 10.6. The largest absolute Gasteiger partial charge is 0.347 e. The molecular weight excluding hydrogens is 322 g/mol. The summed E-state index contributed by atoms with van der Waals surface area (Å²) in [5.41, 5.74) is 1.25. The van der Waals surface area contributed by atoms with Crippen LogP contribution >= 0.6 is 33.2 Å². The van der Waals surface area contributed by atoms with Gasteiger partial charge in [-0.05, 0) is 61.6 Å². The molecule has 3 aliphatic rings. The van der Waals surface area contributed by atoms with Crippen LogP contribution in [0.4, 0.5) is 4.39 Å². The molecule has 0 amide bonds. The van der Waals surface area contributed by atoms with Gasteiger partial charge in [-0.15, -0.1) is 33.2 Å². The molecule has 3 saturated carbocycles. The molecule has 0 saturated heterocycles. The van der Waals surface area contributed by atoms with Gasteiger partial charge < -0.3 is 0 Å². The summed E-state index contributed by atoms with van der Waals surface area (Å²) in [5, 5.41) is -0.0350. The van der Waals surface area contributed by atoms with Crippen molar-refractivity contribution in [1.82, 2.24) is 0 Å². The standard InChI is InChI=1S/C14H16Cl3FSi/c15-19(16,17)14-7-4-13(5-8-14,6-9-14)11-2-1-3-12(18)10-11/h1-3,10H,4-9H2. The van der Waals surface area contributed by atoms with E-state index in [2.05, 4.69) is 0 Å². The van der Waals surface area contributed by atoms with Crippen LogP contribution in [0.5, 0.6) is 0 Å². The fourth-order valence-corrected chi connectivity index (χ4v) is 7.64. The van der Waals surface area contributed by atoms with Crippen molar-refractivity contribution in [2.45, 2.75) is 49.0 Å². The molecule has 3 fully saturated rings. The second kappa shape index (κ2) is 4.62. The third-order valence-corrected chi connectivity index (χ3v) is 10.8. The second-order valence-electron chi connectivity index (χ2n) is 6.07. The Kier molecular flexibility index (Phi) is 3.45. The van der Waals surface area contributed by atoms with Gasteiger partial charge in [-0.2, -0.15) is 0 Å². The van der Waals surface area contributed by atoms with Gasteiger partial charge in [-0.3, -0.25) is 0 Å². The molecule has 0 radical (unpaired) electrons. The maximum Gasteiger partial charge on any atom is 0.347 e. The first kappa shape index (κ1) is 14.2. The van der Waals surface area contributed by atoms with Gasteiger partial charge in [0.15, 0.2) is 0 Å². The molecule has 104 valence electrons. The van der Waals surface area contributed by atoms with E-state index in [1.807, 2.05) is 6.07 Å². The molecule has 0 aromatic heterocycles. The summed E-state index contributed by atoms with van der Waals surface area (Å²) in [6.07, 6.45) is 6.01. The number of rotatable bonds is 2. The van der Waals surface area contributed by atoms with Crippen LogP contribution in [0.15, 0.2) is 24.3 Å². The van der Waals surface area contributed by atoms with Gasteiger partial charge in [0.1, 0.15) is 5.82 Å². The SMILES string of the molecule is Fc1cccc(C23CCC([Si](Cl)(Cl)Cl)(CC2)CC3)c1. The lowest BCUT2D eigenvalue weighted by Gasteiger charge is -2.55. The summed E-state index contributed by atoms with van der Waals surface area (Å²) >= 11 is 19.0.